The summed E-state index contributed by atoms with van der Waals surface area (Å²) < 4.78 is 5.40. The standard InChI is InChI=1S/C26H34N2O3S2/c1-27(25(29)13-17-32-3)24(19-20-6-4-7-22(18-20)31-2)21-11-14-28(15-12-21)26(30)10-9-23-8-5-16-33-23/h4-10,16,18,21,24H,11-15,17,19H2,1-3H3. The summed E-state index contributed by atoms with van der Waals surface area (Å²) in [5, 5.41) is 2.01. The number of hydrogen-bond acceptors (Lipinski definition) is 5. The van der Waals surface area contributed by atoms with Gasteiger partial charge in [0.2, 0.25) is 11.8 Å². The molecule has 1 fully saturated rings. The first-order valence-corrected chi connectivity index (χ1v) is 13.7. The van der Waals surface area contributed by atoms with Crippen LogP contribution in [0.1, 0.15) is 29.7 Å². The number of thioether (sulfide) groups is 1. The van der Waals surface area contributed by atoms with Crippen LogP contribution in [0.4, 0.5) is 0 Å². The molecule has 2 amide bonds. The number of piperidine rings is 1. The van der Waals surface area contributed by atoms with Crippen molar-refractivity contribution < 1.29 is 14.3 Å². The van der Waals surface area contributed by atoms with Gasteiger partial charge in [0.15, 0.2) is 0 Å². The largest absolute Gasteiger partial charge is 0.497 e. The van der Waals surface area contributed by atoms with Crippen LogP contribution >= 0.6 is 23.1 Å². The second-order valence-corrected chi connectivity index (χ2v) is 10.3. The van der Waals surface area contributed by atoms with E-state index in [4.69, 9.17) is 4.74 Å². The minimum absolute atomic E-state index is 0.0654. The van der Waals surface area contributed by atoms with Crippen LogP contribution < -0.4 is 4.74 Å². The van der Waals surface area contributed by atoms with E-state index in [9.17, 15) is 9.59 Å². The number of ether oxygens (including phenoxy) is 1. The number of amides is 2. The van der Waals surface area contributed by atoms with Gasteiger partial charge in [-0.2, -0.15) is 11.8 Å². The highest BCUT2D eigenvalue weighted by molar-refractivity contribution is 7.98. The molecule has 0 spiro atoms. The van der Waals surface area contributed by atoms with E-state index in [2.05, 4.69) is 12.1 Å². The molecule has 2 aromatic rings. The van der Waals surface area contributed by atoms with Crippen LogP contribution in [0.25, 0.3) is 6.08 Å². The van der Waals surface area contributed by atoms with E-state index in [1.807, 2.05) is 58.8 Å². The maximum atomic E-state index is 12.9. The van der Waals surface area contributed by atoms with Crippen LogP contribution in [-0.4, -0.2) is 66.9 Å². The molecule has 1 saturated heterocycles. The van der Waals surface area contributed by atoms with Gasteiger partial charge in [0.1, 0.15) is 5.75 Å². The van der Waals surface area contributed by atoms with E-state index in [1.54, 1.807) is 36.3 Å². The molecular formula is C26H34N2O3S2. The van der Waals surface area contributed by atoms with Crippen molar-refractivity contribution >= 4 is 41.0 Å². The van der Waals surface area contributed by atoms with E-state index in [-0.39, 0.29) is 17.9 Å². The third-order valence-corrected chi connectivity index (χ3v) is 7.77. The normalized spacial score (nSPS) is 15.5. The molecule has 1 atom stereocenters. The third kappa shape index (κ3) is 7.37. The molecule has 0 radical (unpaired) electrons. The predicted octanol–water partition coefficient (Wildman–Crippen LogP) is 4.83. The Labute approximate surface area is 205 Å². The fraction of sp³-hybridized carbons (Fsp3) is 0.462. The van der Waals surface area contributed by atoms with Gasteiger partial charge < -0.3 is 14.5 Å². The molecule has 5 nitrogen and oxygen atoms in total. The highest BCUT2D eigenvalue weighted by Crippen LogP contribution is 2.28. The van der Waals surface area contributed by atoms with E-state index in [1.165, 1.54) is 5.56 Å². The molecule has 7 heteroatoms. The molecule has 3 rings (SSSR count). The average Bonchev–Trinajstić information content (AvgIpc) is 3.38. The maximum absolute atomic E-state index is 12.9. The molecule has 0 saturated carbocycles. The smallest absolute Gasteiger partial charge is 0.246 e. The molecule has 0 bridgehead atoms. The van der Waals surface area contributed by atoms with Gasteiger partial charge in [-0.3, -0.25) is 9.59 Å². The number of rotatable bonds is 10. The second-order valence-electron chi connectivity index (χ2n) is 8.38. The van der Waals surface area contributed by atoms with Gasteiger partial charge in [-0.05, 0) is 66.7 Å². The first-order chi connectivity index (χ1) is 16.0. The molecule has 2 heterocycles. The third-order valence-electron chi connectivity index (χ3n) is 6.32. The SMILES string of the molecule is COc1cccc(CC(C2CCN(C(=O)C=Cc3cccs3)CC2)N(C)C(=O)CCSC)c1. The summed E-state index contributed by atoms with van der Waals surface area (Å²) in [5.41, 5.74) is 1.17. The summed E-state index contributed by atoms with van der Waals surface area (Å²) in [5.74, 6) is 2.27. The van der Waals surface area contributed by atoms with Crippen LogP contribution in [0.2, 0.25) is 0 Å². The van der Waals surface area contributed by atoms with Crippen LogP contribution in [0.3, 0.4) is 0 Å². The summed E-state index contributed by atoms with van der Waals surface area (Å²) in [4.78, 5) is 30.5. The van der Waals surface area contributed by atoms with E-state index in [0.717, 1.165) is 48.7 Å². The summed E-state index contributed by atoms with van der Waals surface area (Å²) in [6.45, 7) is 1.44. The zero-order valence-corrected chi connectivity index (χ0v) is 21.4. The molecule has 1 unspecified atom stereocenters. The number of carbonyl (C=O) groups is 2. The Bertz CT molecular complexity index is 921. The number of likely N-dealkylation sites (tertiary alicyclic amines) is 1. The monoisotopic (exact) mass is 486 g/mol. The number of benzene rings is 1. The maximum Gasteiger partial charge on any atom is 0.246 e. The quantitative estimate of drug-likeness (QED) is 0.451. The van der Waals surface area contributed by atoms with Crippen molar-refractivity contribution in [1.82, 2.24) is 9.80 Å². The lowest BCUT2D eigenvalue weighted by molar-refractivity contribution is -0.134. The minimum atomic E-state index is 0.0654. The molecule has 1 aromatic carbocycles. The van der Waals surface area contributed by atoms with Crippen molar-refractivity contribution in [2.75, 3.05) is 39.3 Å². The minimum Gasteiger partial charge on any atom is -0.497 e. The van der Waals surface area contributed by atoms with Gasteiger partial charge >= 0.3 is 0 Å². The zero-order valence-electron chi connectivity index (χ0n) is 19.7. The highest BCUT2D eigenvalue weighted by atomic mass is 32.2. The first-order valence-electron chi connectivity index (χ1n) is 11.4. The lowest BCUT2D eigenvalue weighted by Gasteiger charge is -2.40. The number of hydrogen-bond donors (Lipinski definition) is 0. The van der Waals surface area contributed by atoms with Crippen LogP contribution in [-0.2, 0) is 16.0 Å². The lowest BCUT2D eigenvalue weighted by Crippen LogP contribution is -2.48. The van der Waals surface area contributed by atoms with E-state index >= 15 is 0 Å². The van der Waals surface area contributed by atoms with Gasteiger partial charge in [-0.1, -0.05) is 18.2 Å². The Hall–Kier alpha value is -2.25. The molecule has 1 aromatic heterocycles. The molecule has 0 aliphatic carbocycles. The van der Waals surface area contributed by atoms with Gasteiger partial charge in [-0.25, -0.2) is 0 Å². The Balaban J connectivity index is 1.67. The molecule has 1 aliphatic rings. The molecular weight excluding hydrogens is 452 g/mol. The van der Waals surface area contributed by atoms with Gasteiger partial charge in [0, 0.05) is 49.3 Å². The molecule has 33 heavy (non-hydrogen) atoms. The van der Waals surface area contributed by atoms with E-state index < -0.39 is 0 Å². The fourth-order valence-corrected chi connectivity index (χ4v) is 5.36. The average molecular weight is 487 g/mol. The molecule has 1 aliphatic heterocycles. The Morgan fingerprint density at radius 2 is 2.06 bits per heavy atom. The summed E-state index contributed by atoms with van der Waals surface area (Å²) >= 11 is 3.32. The highest BCUT2D eigenvalue weighted by Gasteiger charge is 2.32. The van der Waals surface area contributed by atoms with Crippen molar-refractivity contribution in [3.8, 4) is 5.75 Å². The number of nitrogens with zero attached hydrogens (tertiary/aromatic N) is 2. The lowest BCUT2D eigenvalue weighted by atomic mass is 9.84. The Morgan fingerprint density at radius 1 is 1.27 bits per heavy atom. The van der Waals surface area contributed by atoms with Crippen molar-refractivity contribution in [2.45, 2.75) is 31.7 Å². The Morgan fingerprint density at radius 3 is 2.73 bits per heavy atom. The van der Waals surface area contributed by atoms with E-state index in [0.29, 0.717) is 12.3 Å². The first kappa shape index (κ1) is 25.4. The van der Waals surface area contributed by atoms with Crippen molar-refractivity contribution in [1.29, 1.82) is 0 Å². The predicted molar refractivity (Wildman–Crippen MR) is 139 cm³/mol. The zero-order chi connectivity index (χ0) is 23.6. The molecule has 0 N–H and O–H groups in total. The Kier molecular flexibility index (Phi) is 9.88. The summed E-state index contributed by atoms with van der Waals surface area (Å²) in [7, 11) is 3.61. The number of thiophene rings is 1. The molecule has 178 valence electrons. The van der Waals surface area contributed by atoms with Gasteiger partial charge in [0.05, 0.1) is 7.11 Å². The van der Waals surface area contributed by atoms with Crippen molar-refractivity contribution in [2.24, 2.45) is 5.92 Å². The second kappa shape index (κ2) is 12.8. The topological polar surface area (TPSA) is 49.9 Å². The number of carbonyl (C=O) groups excluding carboxylic acids is 2. The van der Waals surface area contributed by atoms with Crippen LogP contribution in [0.15, 0.2) is 47.9 Å². The summed E-state index contributed by atoms with van der Waals surface area (Å²) in [6.07, 6.45) is 8.73. The number of likely N-dealkylation sites (N-methyl/N-ethyl adjacent to an activating group) is 1. The van der Waals surface area contributed by atoms with Crippen LogP contribution in [0.5, 0.6) is 5.75 Å². The van der Waals surface area contributed by atoms with Gasteiger partial charge in [0.25, 0.3) is 0 Å². The van der Waals surface area contributed by atoms with Gasteiger partial charge in [-0.15, -0.1) is 11.3 Å². The van der Waals surface area contributed by atoms with Crippen molar-refractivity contribution in [3.05, 3.63) is 58.3 Å². The number of methoxy groups -OCH3 is 1. The fourth-order valence-electron chi connectivity index (χ4n) is 4.36. The van der Waals surface area contributed by atoms with Crippen LogP contribution in [0, 0.1) is 5.92 Å². The van der Waals surface area contributed by atoms with Crippen molar-refractivity contribution in [3.63, 3.8) is 0 Å². The summed E-state index contributed by atoms with van der Waals surface area (Å²) in [6, 6.07) is 12.2.